The van der Waals surface area contributed by atoms with Crippen LogP contribution >= 0.6 is 0 Å². The molecule has 2 aromatic heterocycles. The fraction of sp³-hybridized carbons (Fsp3) is 0.559. The van der Waals surface area contributed by atoms with Gasteiger partial charge in [-0.1, -0.05) is 128 Å². The Hall–Kier alpha value is -2.55. The molecule has 0 fully saturated rings. The molecule has 0 spiro atoms. The van der Waals surface area contributed by atoms with E-state index >= 15 is 0 Å². The highest BCUT2D eigenvalue weighted by Gasteiger charge is 2.06. The molecule has 0 atom stereocenters. The lowest BCUT2D eigenvalue weighted by Gasteiger charge is -2.06. The molecule has 37 heavy (non-hydrogen) atoms. The van der Waals surface area contributed by atoms with Gasteiger partial charge in [0, 0.05) is 24.2 Å². The van der Waals surface area contributed by atoms with Gasteiger partial charge in [0.1, 0.15) is 5.69 Å². The van der Waals surface area contributed by atoms with Crippen LogP contribution in [0.1, 0.15) is 121 Å². The summed E-state index contributed by atoms with van der Waals surface area (Å²) in [7, 11) is 0. The standard InChI is InChI=1S/C34H49N3/c1-3-5-7-9-11-13-15-17-19-30-22-25-33(35-26-30)34-36-27-32(28-37-34)31-23-20-29(21-24-31)18-16-14-12-10-8-6-4-2/h20-28H,3-19H2,1-2H3. The third kappa shape index (κ3) is 11.2. The minimum absolute atomic E-state index is 0.693. The molecule has 3 nitrogen and oxygen atoms in total. The van der Waals surface area contributed by atoms with Crippen LogP contribution in [0, 0.1) is 0 Å². The van der Waals surface area contributed by atoms with Crippen LogP contribution in [0.2, 0.25) is 0 Å². The molecular weight excluding hydrogens is 450 g/mol. The first-order valence-corrected chi connectivity index (χ1v) is 15.2. The molecule has 0 saturated heterocycles. The van der Waals surface area contributed by atoms with Gasteiger partial charge in [0.2, 0.25) is 0 Å². The highest BCUT2D eigenvalue weighted by molar-refractivity contribution is 5.63. The maximum atomic E-state index is 4.64. The number of hydrogen-bond donors (Lipinski definition) is 0. The molecule has 3 aromatic rings. The van der Waals surface area contributed by atoms with Crippen molar-refractivity contribution in [2.24, 2.45) is 0 Å². The van der Waals surface area contributed by atoms with E-state index in [4.69, 9.17) is 0 Å². The van der Waals surface area contributed by atoms with Crippen molar-refractivity contribution >= 4 is 0 Å². The van der Waals surface area contributed by atoms with Crippen molar-refractivity contribution < 1.29 is 0 Å². The number of aromatic nitrogens is 3. The molecule has 3 heteroatoms. The maximum absolute atomic E-state index is 4.64. The van der Waals surface area contributed by atoms with Gasteiger partial charge in [0.15, 0.2) is 5.82 Å². The molecule has 2 heterocycles. The fourth-order valence-electron chi connectivity index (χ4n) is 4.93. The van der Waals surface area contributed by atoms with E-state index in [0.29, 0.717) is 5.82 Å². The van der Waals surface area contributed by atoms with Gasteiger partial charge in [0.05, 0.1) is 0 Å². The zero-order chi connectivity index (χ0) is 26.0. The number of pyridine rings is 1. The Morgan fingerprint density at radius 1 is 0.432 bits per heavy atom. The van der Waals surface area contributed by atoms with Gasteiger partial charge in [-0.3, -0.25) is 4.98 Å². The summed E-state index contributed by atoms with van der Waals surface area (Å²) in [6, 6.07) is 13.2. The lowest BCUT2D eigenvalue weighted by molar-refractivity contribution is 0.575. The summed E-state index contributed by atoms with van der Waals surface area (Å²) >= 11 is 0. The Morgan fingerprint density at radius 3 is 1.43 bits per heavy atom. The van der Waals surface area contributed by atoms with Crippen LogP contribution in [-0.4, -0.2) is 15.0 Å². The molecule has 200 valence electrons. The highest BCUT2D eigenvalue weighted by atomic mass is 14.9. The lowest BCUT2D eigenvalue weighted by atomic mass is 10.0. The summed E-state index contributed by atoms with van der Waals surface area (Å²) in [4.78, 5) is 13.9. The summed E-state index contributed by atoms with van der Waals surface area (Å²) in [5.74, 6) is 0.693. The van der Waals surface area contributed by atoms with E-state index in [1.165, 1.54) is 119 Å². The summed E-state index contributed by atoms with van der Waals surface area (Å²) < 4.78 is 0. The molecular formula is C34H49N3. The third-order valence-corrected chi connectivity index (χ3v) is 7.38. The Morgan fingerprint density at radius 2 is 0.919 bits per heavy atom. The second kappa shape index (κ2) is 17.8. The Labute approximate surface area is 226 Å². The van der Waals surface area contributed by atoms with E-state index < -0.39 is 0 Å². The fourth-order valence-corrected chi connectivity index (χ4v) is 4.93. The number of hydrogen-bond acceptors (Lipinski definition) is 3. The second-order valence-electron chi connectivity index (χ2n) is 10.6. The zero-order valence-electron chi connectivity index (χ0n) is 23.6. The van der Waals surface area contributed by atoms with Gasteiger partial charge in [-0.25, -0.2) is 9.97 Å². The van der Waals surface area contributed by atoms with Crippen LogP contribution in [0.15, 0.2) is 55.0 Å². The van der Waals surface area contributed by atoms with Crippen molar-refractivity contribution in [3.05, 3.63) is 66.1 Å². The maximum Gasteiger partial charge on any atom is 0.178 e. The first kappa shape index (κ1) is 29.0. The van der Waals surface area contributed by atoms with Crippen molar-refractivity contribution in [3.63, 3.8) is 0 Å². The van der Waals surface area contributed by atoms with Crippen molar-refractivity contribution in [1.82, 2.24) is 15.0 Å². The van der Waals surface area contributed by atoms with E-state index in [-0.39, 0.29) is 0 Å². The summed E-state index contributed by atoms with van der Waals surface area (Å²) in [5.41, 5.74) is 5.80. The molecule has 0 amide bonds. The summed E-state index contributed by atoms with van der Waals surface area (Å²) in [6.45, 7) is 4.55. The molecule has 0 aliphatic rings. The van der Waals surface area contributed by atoms with E-state index in [0.717, 1.165) is 17.7 Å². The van der Waals surface area contributed by atoms with Gasteiger partial charge >= 0.3 is 0 Å². The number of nitrogens with zero attached hydrogens (tertiary/aromatic N) is 3. The quantitative estimate of drug-likeness (QED) is 0.154. The number of benzene rings is 1. The molecule has 0 aliphatic carbocycles. The molecule has 1 aromatic carbocycles. The molecule has 0 bridgehead atoms. The van der Waals surface area contributed by atoms with Gasteiger partial charge in [-0.15, -0.1) is 0 Å². The monoisotopic (exact) mass is 499 g/mol. The minimum Gasteiger partial charge on any atom is -0.253 e. The molecule has 3 rings (SSSR count). The smallest absolute Gasteiger partial charge is 0.178 e. The van der Waals surface area contributed by atoms with Crippen LogP contribution in [-0.2, 0) is 12.8 Å². The topological polar surface area (TPSA) is 38.7 Å². The van der Waals surface area contributed by atoms with Crippen LogP contribution in [0.4, 0.5) is 0 Å². The lowest BCUT2D eigenvalue weighted by Crippen LogP contribution is -1.94. The van der Waals surface area contributed by atoms with E-state index in [1.807, 2.05) is 18.6 Å². The van der Waals surface area contributed by atoms with Gasteiger partial charge in [-0.2, -0.15) is 0 Å². The van der Waals surface area contributed by atoms with Crippen molar-refractivity contribution in [1.29, 1.82) is 0 Å². The van der Waals surface area contributed by atoms with Crippen LogP contribution in [0.25, 0.3) is 22.6 Å². The summed E-state index contributed by atoms with van der Waals surface area (Å²) in [5, 5.41) is 0. The normalized spacial score (nSPS) is 11.2. The van der Waals surface area contributed by atoms with Crippen molar-refractivity contribution in [2.45, 2.75) is 123 Å². The number of aryl methyl sites for hydroxylation is 2. The SMILES string of the molecule is CCCCCCCCCCc1ccc(-c2ncc(-c3ccc(CCCCCCCCC)cc3)cn2)nc1. The van der Waals surface area contributed by atoms with Crippen molar-refractivity contribution in [3.8, 4) is 22.6 Å². The van der Waals surface area contributed by atoms with Gasteiger partial charge in [0.25, 0.3) is 0 Å². The highest BCUT2D eigenvalue weighted by Crippen LogP contribution is 2.21. The Kier molecular flexibility index (Phi) is 14.0. The largest absolute Gasteiger partial charge is 0.253 e. The molecule has 0 N–H and O–H groups in total. The number of unbranched alkanes of at least 4 members (excludes halogenated alkanes) is 13. The average Bonchev–Trinajstić information content (AvgIpc) is 2.95. The van der Waals surface area contributed by atoms with Crippen LogP contribution in [0.5, 0.6) is 0 Å². The van der Waals surface area contributed by atoms with Crippen LogP contribution in [0.3, 0.4) is 0 Å². The van der Waals surface area contributed by atoms with E-state index in [2.05, 4.69) is 65.2 Å². The molecule has 0 aliphatic heterocycles. The Balaban J connectivity index is 1.39. The van der Waals surface area contributed by atoms with Crippen LogP contribution < -0.4 is 0 Å². The average molecular weight is 500 g/mol. The molecule has 0 unspecified atom stereocenters. The first-order chi connectivity index (χ1) is 18.3. The third-order valence-electron chi connectivity index (χ3n) is 7.38. The van der Waals surface area contributed by atoms with Gasteiger partial charge < -0.3 is 0 Å². The first-order valence-electron chi connectivity index (χ1n) is 15.2. The predicted molar refractivity (Wildman–Crippen MR) is 159 cm³/mol. The number of rotatable bonds is 19. The molecule has 0 saturated carbocycles. The summed E-state index contributed by atoms with van der Waals surface area (Å²) in [6.07, 6.45) is 28.4. The minimum atomic E-state index is 0.693. The van der Waals surface area contributed by atoms with Gasteiger partial charge in [-0.05, 0) is 48.4 Å². The van der Waals surface area contributed by atoms with Crippen molar-refractivity contribution in [2.75, 3.05) is 0 Å². The Bertz CT molecular complexity index is 961. The zero-order valence-corrected chi connectivity index (χ0v) is 23.6. The second-order valence-corrected chi connectivity index (χ2v) is 10.6. The van der Waals surface area contributed by atoms with E-state index in [9.17, 15) is 0 Å². The predicted octanol–water partition coefficient (Wildman–Crippen LogP) is 10.2. The molecule has 0 radical (unpaired) electrons. The van der Waals surface area contributed by atoms with E-state index in [1.54, 1.807) is 0 Å².